The molecule has 3 rings (SSSR count). The molecule has 98 valence electrons. The molecule has 1 aliphatic rings. The minimum atomic E-state index is -0.0255. The number of nitrogens with zero attached hydrogens (tertiary/aromatic N) is 2. The molecule has 0 fully saturated rings. The van der Waals surface area contributed by atoms with Crippen LogP contribution in [0.25, 0.3) is 5.76 Å². The van der Waals surface area contributed by atoms with E-state index in [2.05, 4.69) is 36.0 Å². The lowest BCUT2D eigenvalue weighted by Crippen LogP contribution is -2.32. The van der Waals surface area contributed by atoms with Gasteiger partial charge in [0, 0.05) is 17.7 Å². The molecule has 0 radical (unpaired) electrons. The van der Waals surface area contributed by atoms with E-state index in [4.69, 9.17) is 9.26 Å². The van der Waals surface area contributed by atoms with E-state index in [9.17, 15) is 0 Å². The highest BCUT2D eigenvalue weighted by atomic mass is 16.5. The van der Waals surface area contributed by atoms with Gasteiger partial charge in [0.05, 0.1) is 12.4 Å². The zero-order valence-corrected chi connectivity index (χ0v) is 11.0. The molecule has 19 heavy (non-hydrogen) atoms. The summed E-state index contributed by atoms with van der Waals surface area (Å²) in [6, 6.07) is 12.0. The first-order valence-corrected chi connectivity index (χ1v) is 6.38. The van der Waals surface area contributed by atoms with Crippen LogP contribution >= 0.6 is 0 Å². The van der Waals surface area contributed by atoms with Crippen molar-refractivity contribution in [1.82, 2.24) is 5.16 Å². The van der Waals surface area contributed by atoms with E-state index in [1.54, 1.807) is 12.3 Å². The Hall–Kier alpha value is -2.23. The number of rotatable bonds is 3. The molecule has 0 bridgehead atoms. The molecular weight excluding hydrogens is 240 g/mol. The van der Waals surface area contributed by atoms with Crippen LogP contribution in [0.15, 0.2) is 53.3 Å². The Kier molecular flexibility index (Phi) is 2.99. The van der Waals surface area contributed by atoms with Crippen LogP contribution < -0.4 is 4.90 Å². The zero-order chi connectivity index (χ0) is 13.2. The third-order valence-corrected chi connectivity index (χ3v) is 3.08. The fourth-order valence-corrected chi connectivity index (χ4v) is 2.16. The summed E-state index contributed by atoms with van der Waals surface area (Å²) in [7, 11) is 0. The number of benzene rings is 1. The summed E-state index contributed by atoms with van der Waals surface area (Å²) in [4.78, 5) is 2.13. The van der Waals surface area contributed by atoms with Gasteiger partial charge >= 0.3 is 0 Å². The molecule has 0 saturated carbocycles. The molecule has 0 spiro atoms. The van der Waals surface area contributed by atoms with Gasteiger partial charge in [0.1, 0.15) is 0 Å². The van der Waals surface area contributed by atoms with Crippen LogP contribution in [0.1, 0.15) is 19.6 Å². The number of anilines is 1. The van der Waals surface area contributed by atoms with E-state index in [1.165, 1.54) is 0 Å². The summed E-state index contributed by atoms with van der Waals surface area (Å²) >= 11 is 0. The van der Waals surface area contributed by atoms with E-state index in [-0.39, 0.29) is 6.23 Å². The maximum absolute atomic E-state index is 5.99. The summed E-state index contributed by atoms with van der Waals surface area (Å²) in [5, 5.41) is 3.72. The molecule has 4 heteroatoms. The van der Waals surface area contributed by atoms with Crippen molar-refractivity contribution in [3.63, 3.8) is 0 Å². The Labute approximate surface area is 112 Å². The van der Waals surface area contributed by atoms with Gasteiger partial charge in [-0.1, -0.05) is 37.2 Å². The minimum Gasteiger partial charge on any atom is -0.464 e. The van der Waals surface area contributed by atoms with Gasteiger partial charge in [0.2, 0.25) is 5.76 Å². The molecule has 0 amide bonds. The van der Waals surface area contributed by atoms with Crippen molar-refractivity contribution < 1.29 is 9.26 Å². The molecule has 1 atom stereocenters. The van der Waals surface area contributed by atoms with Crippen LogP contribution in [0.2, 0.25) is 0 Å². The van der Waals surface area contributed by atoms with Gasteiger partial charge in [0.15, 0.2) is 12.0 Å². The Balaban J connectivity index is 1.95. The lowest BCUT2D eigenvalue weighted by atomic mass is 10.1. The fourth-order valence-electron chi connectivity index (χ4n) is 2.16. The predicted octanol–water partition coefficient (Wildman–Crippen LogP) is 3.49. The number of hydrogen-bond donors (Lipinski definition) is 0. The number of ether oxygens (including phenoxy) is 1. The van der Waals surface area contributed by atoms with Crippen molar-refractivity contribution >= 4 is 11.4 Å². The second-order valence-electron chi connectivity index (χ2n) is 4.87. The Morgan fingerprint density at radius 3 is 2.58 bits per heavy atom. The first-order chi connectivity index (χ1) is 9.25. The lowest BCUT2D eigenvalue weighted by molar-refractivity contribution is 0.138. The van der Waals surface area contributed by atoms with Crippen LogP contribution in [-0.4, -0.2) is 11.4 Å². The molecule has 0 saturated heterocycles. The molecule has 4 nitrogen and oxygen atoms in total. The molecule has 0 N–H and O–H groups in total. The second kappa shape index (κ2) is 4.80. The predicted molar refractivity (Wildman–Crippen MR) is 73.1 cm³/mol. The molecular formula is C15H16N2O2. The standard InChI is InChI=1S/C15H16N2O2/c1-11(2)15-17(12-6-4-3-5-7-12)10-14(18-15)13-8-9-16-19-13/h3-11,15H,1-2H3. The van der Waals surface area contributed by atoms with E-state index in [1.807, 2.05) is 24.4 Å². The van der Waals surface area contributed by atoms with Crippen molar-refractivity contribution in [3.8, 4) is 0 Å². The average molecular weight is 256 g/mol. The van der Waals surface area contributed by atoms with Crippen LogP contribution in [0, 0.1) is 5.92 Å². The first-order valence-electron chi connectivity index (χ1n) is 6.38. The highest BCUT2D eigenvalue weighted by molar-refractivity contribution is 5.65. The van der Waals surface area contributed by atoms with Crippen molar-refractivity contribution in [2.24, 2.45) is 5.92 Å². The molecule has 2 heterocycles. The smallest absolute Gasteiger partial charge is 0.203 e. The summed E-state index contributed by atoms with van der Waals surface area (Å²) in [6.07, 6.45) is 3.57. The maximum atomic E-state index is 5.99. The monoisotopic (exact) mass is 256 g/mol. The highest BCUT2D eigenvalue weighted by Crippen LogP contribution is 2.33. The largest absolute Gasteiger partial charge is 0.464 e. The first kappa shape index (κ1) is 11.8. The van der Waals surface area contributed by atoms with Crippen molar-refractivity contribution in [2.45, 2.75) is 20.1 Å². The minimum absolute atomic E-state index is 0.0255. The summed E-state index contributed by atoms with van der Waals surface area (Å²) in [6.45, 7) is 4.27. The second-order valence-corrected chi connectivity index (χ2v) is 4.87. The van der Waals surface area contributed by atoms with E-state index < -0.39 is 0 Å². The van der Waals surface area contributed by atoms with Gasteiger partial charge in [0.25, 0.3) is 0 Å². The van der Waals surface area contributed by atoms with E-state index in [0.29, 0.717) is 11.7 Å². The van der Waals surface area contributed by atoms with Crippen molar-refractivity contribution in [2.75, 3.05) is 4.90 Å². The summed E-state index contributed by atoms with van der Waals surface area (Å²) in [5.74, 6) is 1.74. The third-order valence-electron chi connectivity index (χ3n) is 3.08. The summed E-state index contributed by atoms with van der Waals surface area (Å²) in [5.41, 5.74) is 1.11. The molecule has 1 aromatic heterocycles. The van der Waals surface area contributed by atoms with Crippen molar-refractivity contribution in [3.05, 3.63) is 54.6 Å². The van der Waals surface area contributed by atoms with E-state index >= 15 is 0 Å². The van der Waals surface area contributed by atoms with E-state index in [0.717, 1.165) is 11.4 Å². The van der Waals surface area contributed by atoms with Crippen LogP contribution in [0.5, 0.6) is 0 Å². The normalized spacial score (nSPS) is 18.6. The highest BCUT2D eigenvalue weighted by Gasteiger charge is 2.31. The maximum Gasteiger partial charge on any atom is 0.203 e. The molecule has 1 aliphatic heterocycles. The Morgan fingerprint density at radius 2 is 1.95 bits per heavy atom. The van der Waals surface area contributed by atoms with Gasteiger partial charge in [-0.3, -0.25) is 0 Å². The quantitative estimate of drug-likeness (QED) is 0.842. The molecule has 0 aliphatic carbocycles. The fraction of sp³-hybridized carbons (Fsp3) is 0.267. The lowest BCUT2D eigenvalue weighted by Gasteiger charge is -2.27. The number of para-hydroxylation sites is 1. The molecule has 1 aromatic carbocycles. The van der Waals surface area contributed by atoms with Gasteiger partial charge < -0.3 is 14.2 Å². The van der Waals surface area contributed by atoms with Crippen LogP contribution in [0.4, 0.5) is 5.69 Å². The van der Waals surface area contributed by atoms with Gasteiger partial charge in [-0.2, -0.15) is 0 Å². The Morgan fingerprint density at radius 1 is 1.16 bits per heavy atom. The van der Waals surface area contributed by atoms with Gasteiger partial charge in [-0.25, -0.2) is 0 Å². The third kappa shape index (κ3) is 2.21. The zero-order valence-electron chi connectivity index (χ0n) is 11.0. The molecule has 1 unspecified atom stereocenters. The van der Waals surface area contributed by atoms with Gasteiger partial charge in [-0.05, 0) is 12.1 Å². The van der Waals surface area contributed by atoms with Crippen LogP contribution in [0.3, 0.4) is 0 Å². The SMILES string of the molecule is CC(C)C1OC(c2ccno2)=CN1c1ccccc1. The average Bonchev–Trinajstić information content (AvgIpc) is 3.08. The topological polar surface area (TPSA) is 38.5 Å². The molecule has 2 aromatic rings. The number of hydrogen-bond acceptors (Lipinski definition) is 4. The Bertz CT molecular complexity index is 561. The van der Waals surface area contributed by atoms with Crippen molar-refractivity contribution in [1.29, 1.82) is 0 Å². The number of aromatic nitrogens is 1. The van der Waals surface area contributed by atoms with Crippen LogP contribution in [-0.2, 0) is 4.74 Å². The summed E-state index contributed by atoms with van der Waals surface area (Å²) < 4.78 is 11.1. The van der Waals surface area contributed by atoms with Gasteiger partial charge in [-0.15, -0.1) is 0 Å².